The fourth-order valence-corrected chi connectivity index (χ4v) is 1.43. The maximum atomic E-state index is 10.7. The first kappa shape index (κ1) is 9.33. The van der Waals surface area contributed by atoms with Crippen molar-refractivity contribution < 1.29 is 14.7 Å². The number of aldehydes is 1. The predicted molar refractivity (Wildman–Crippen MR) is 54.1 cm³/mol. The first-order valence-electron chi connectivity index (χ1n) is 4.30. The van der Waals surface area contributed by atoms with Gasteiger partial charge in [-0.15, -0.1) is 0 Å². The van der Waals surface area contributed by atoms with Crippen LogP contribution in [0.4, 0.5) is 0 Å². The molecule has 1 N–H and O–H groups in total. The molecular weight excluding hydrogens is 194 g/mol. The van der Waals surface area contributed by atoms with E-state index in [0.29, 0.717) is 17.1 Å². The Morgan fingerprint density at radius 1 is 1.33 bits per heavy atom. The molecule has 0 aliphatic carbocycles. The molecule has 0 spiro atoms. The molecule has 0 radical (unpaired) electrons. The molecule has 0 saturated heterocycles. The van der Waals surface area contributed by atoms with Gasteiger partial charge in [0.1, 0.15) is 11.4 Å². The lowest BCUT2D eigenvalue weighted by Crippen LogP contribution is -2.03. The van der Waals surface area contributed by atoms with E-state index >= 15 is 0 Å². The normalized spacial score (nSPS) is 10.1. The van der Waals surface area contributed by atoms with Crippen LogP contribution in [0, 0.1) is 0 Å². The highest BCUT2D eigenvalue weighted by molar-refractivity contribution is 6.00. The SMILES string of the molecule is O=Cc1nc(C(=O)O)cc2ccccc12. The number of carbonyl (C=O) groups excluding carboxylic acids is 1. The fourth-order valence-electron chi connectivity index (χ4n) is 1.43. The van der Waals surface area contributed by atoms with Gasteiger partial charge < -0.3 is 5.11 Å². The molecule has 0 unspecified atom stereocenters. The first-order chi connectivity index (χ1) is 7.22. The van der Waals surface area contributed by atoms with E-state index in [1.165, 1.54) is 6.07 Å². The number of carboxylic acid groups (broad SMARTS) is 1. The van der Waals surface area contributed by atoms with Crippen molar-refractivity contribution in [1.82, 2.24) is 4.98 Å². The van der Waals surface area contributed by atoms with Gasteiger partial charge in [0.2, 0.25) is 0 Å². The van der Waals surface area contributed by atoms with Gasteiger partial charge in [0.25, 0.3) is 0 Å². The van der Waals surface area contributed by atoms with Crippen molar-refractivity contribution in [2.24, 2.45) is 0 Å². The summed E-state index contributed by atoms with van der Waals surface area (Å²) in [4.78, 5) is 25.2. The summed E-state index contributed by atoms with van der Waals surface area (Å²) in [6.45, 7) is 0. The van der Waals surface area contributed by atoms with Gasteiger partial charge in [-0.1, -0.05) is 24.3 Å². The van der Waals surface area contributed by atoms with Crippen LogP contribution in [-0.2, 0) is 0 Å². The Hall–Kier alpha value is -2.23. The lowest BCUT2D eigenvalue weighted by atomic mass is 10.1. The highest BCUT2D eigenvalue weighted by atomic mass is 16.4. The lowest BCUT2D eigenvalue weighted by molar-refractivity contribution is 0.0690. The maximum Gasteiger partial charge on any atom is 0.354 e. The largest absolute Gasteiger partial charge is 0.477 e. The standard InChI is InChI=1S/C11H7NO3/c13-6-10-8-4-2-1-3-7(8)5-9(12-10)11(14)15/h1-6H,(H,14,15). The third-order valence-electron chi connectivity index (χ3n) is 2.10. The number of aromatic carboxylic acids is 1. The molecule has 2 aromatic rings. The molecule has 1 heterocycles. The smallest absolute Gasteiger partial charge is 0.354 e. The maximum absolute atomic E-state index is 10.7. The van der Waals surface area contributed by atoms with Gasteiger partial charge >= 0.3 is 5.97 Å². The highest BCUT2D eigenvalue weighted by Gasteiger charge is 2.09. The van der Waals surface area contributed by atoms with Crippen LogP contribution >= 0.6 is 0 Å². The van der Waals surface area contributed by atoms with Crippen LogP contribution < -0.4 is 0 Å². The van der Waals surface area contributed by atoms with E-state index < -0.39 is 5.97 Å². The number of carboxylic acids is 1. The highest BCUT2D eigenvalue weighted by Crippen LogP contribution is 2.17. The summed E-state index contributed by atoms with van der Waals surface area (Å²) < 4.78 is 0. The molecule has 2 rings (SSSR count). The lowest BCUT2D eigenvalue weighted by Gasteiger charge is -2.01. The monoisotopic (exact) mass is 201 g/mol. The molecule has 0 aliphatic heterocycles. The Bertz CT molecular complexity index is 549. The Morgan fingerprint density at radius 2 is 2.07 bits per heavy atom. The number of fused-ring (bicyclic) bond motifs is 1. The first-order valence-corrected chi connectivity index (χ1v) is 4.30. The van der Waals surface area contributed by atoms with E-state index in [1.807, 2.05) is 0 Å². The molecule has 4 heteroatoms. The Morgan fingerprint density at radius 3 is 2.73 bits per heavy atom. The number of rotatable bonds is 2. The molecule has 0 saturated carbocycles. The molecule has 4 nitrogen and oxygen atoms in total. The third-order valence-corrected chi connectivity index (χ3v) is 2.10. The average molecular weight is 201 g/mol. The summed E-state index contributed by atoms with van der Waals surface area (Å²) in [7, 11) is 0. The van der Waals surface area contributed by atoms with E-state index in [0.717, 1.165) is 0 Å². The molecule has 0 amide bonds. The quantitative estimate of drug-likeness (QED) is 0.751. The molecule has 0 bridgehead atoms. The number of nitrogens with zero attached hydrogens (tertiary/aromatic N) is 1. The van der Waals surface area contributed by atoms with Crippen molar-refractivity contribution in [3.63, 3.8) is 0 Å². The number of aromatic nitrogens is 1. The molecule has 1 aromatic carbocycles. The fraction of sp³-hybridized carbons (Fsp3) is 0. The summed E-state index contributed by atoms with van der Waals surface area (Å²) in [5, 5.41) is 10.2. The van der Waals surface area contributed by atoms with Crippen LogP contribution in [0.15, 0.2) is 30.3 Å². The van der Waals surface area contributed by atoms with Gasteiger partial charge in [-0.25, -0.2) is 9.78 Å². The summed E-state index contributed by atoms with van der Waals surface area (Å²) in [5.74, 6) is -1.14. The third kappa shape index (κ3) is 1.57. The van der Waals surface area contributed by atoms with Gasteiger partial charge in [-0.2, -0.15) is 0 Å². The number of pyridine rings is 1. The molecule has 0 atom stereocenters. The van der Waals surface area contributed by atoms with Crippen molar-refractivity contribution in [2.75, 3.05) is 0 Å². The van der Waals surface area contributed by atoms with Crippen molar-refractivity contribution in [2.45, 2.75) is 0 Å². The summed E-state index contributed by atoms with van der Waals surface area (Å²) >= 11 is 0. The molecule has 15 heavy (non-hydrogen) atoms. The number of carbonyl (C=O) groups is 2. The van der Waals surface area contributed by atoms with Crippen molar-refractivity contribution >= 4 is 23.0 Å². The molecule has 0 fully saturated rings. The predicted octanol–water partition coefficient (Wildman–Crippen LogP) is 1.75. The minimum Gasteiger partial charge on any atom is -0.477 e. The van der Waals surface area contributed by atoms with Crippen LogP contribution in [0.1, 0.15) is 21.0 Å². The van der Waals surface area contributed by atoms with E-state index in [-0.39, 0.29) is 11.4 Å². The summed E-state index contributed by atoms with van der Waals surface area (Å²) in [6.07, 6.45) is 0.564. The van der Waals surface area contributed by atoms with E-state index in [1.54, 1.807) is 24.3 Å². The molecule has 0 aliphatic rings. The van der Waals surface area contributed by atoms with Gasteiger partial charge in [-0.05, 0) is 11.5 Å². The second-order valence-corrected chi connectivity index (χ2v) is 3.04. The average Bonchev–Trinajstić information content (AvgIpc) is 2.27. The summed E-state index contributed by atoms with van der Waals surface area (Å²) in [5.41, 5.74) is 0.0429. The second kappa shape index (κ2) is 3.49. The number of benzene rings is 1. The molecule has 1 aromatic heterocycles. The van der Waals surface area contributed by atoms with Crippen LogP contribution in [0.25, 0.3) is 10.8 Å². The van der Waals surface area contributed by atoms with Gasteiger partial charge in [-0.3, -0.25) is 4.79 Å². The zero-order chi connectivity index (χ0) is 10.8. The minimum absolute atomic E-state index is 0.115. The van der Waals surface area contributed by atoms with E-state index in [9.17, 15) is 9.59 Å². The second-order valence-electron chi connectivity index (χ2n) is 3.04. The molecular formula is C11H7NO3. The Labute approximate surface area is 85.2 Å². The van der Waals surface area contributed by atoms with Gasteiger partial charge in [0, 0.05) is 5.39 Å². The number of hydrogen-bond acceptors (Lipinski definition) is 3. The van der Waals surface area contributed by atoms with Crippen LogP contribution in [0.2, 0.25) is 0 Å². The van der Waals surface area contributed by atoms with Crippen molar-refractivity contribution in [3.8, 4) is 0 Å². The Kier molecular flexibility index (Phi) is 2.17. The van der Waals surface area contributed by atoms with Crippen molar-refractivity contribution in [3.05, 3.63) is 41.7 Å². The summed E-state index contributed by atoms with van der Waals surface area (Å²) in [6, 6.07) is 8.48. The van der Waals surface area contributed by atoms with Gasteiger partial charge in [0.05, 0.1) is 0 Å². The number of hydrogen-bond donors (Lipinski definition) is 1. The minimum atomic E-state index is -1.14. The van der Waals surface area contributed by atoms with Crippen LogP contribution in [-0.4, -0.2) is 22.3 Å². The Balaban J connectivity index is 2.82. The zero-order valence-corrected chi connectivity index (χ0v) is 7.68. The van der Waals surface area contributed by atoms with Crippen molar-refractivity contribution in [1.29, 1.82) is 0 Å². The van der Waals surface area contributed by atoms with Gasteiger partial charge in [0.15, 0.2) is 6.29 Å². The zero-order valence-electron chi connectivity index (χ0n) is 7.68. The topological polar surface area (TPSA) is 67.3 Å². The van der Waals surface area contributed by atoms with Crippen LogP contribution in [0.5, 0.6) is 0 Å². The van der Waals surface area contributed by atoms with E-state index in [2.05, 4.69) is 4.98 Å². The van der Waals surface area contributed by atoms with E-state index in [4.69, 9.17) is 5.11 Å². The van der Waals surface area contributed by atoms with Crippen LogP contribution in [0.3, 0.4) is 0 Å². The molecule has 74 valence electrons.